The number of hydrogen-bond donors (Lipinski definition) is 2. The molecule has 102 valence electrons. The molecular weight excluding hydrogens is 252 g/mol. The number of carbonyl (C=O) groups excluding carboxylic acids is 1. The fourth-order valence-corrected chi connectivity index (χ4v) is 1.60. The number of amides is 1. The maximum atomic E-state index is 11.7. The summed E-state index contributed by atoms with van der Waals surface area (Å²) in [5.74, 6) is -0.0443. The van der Waals surface area contributed by atoms with Crippen LogP contribution in [0.15, 0.2) is 24.3 Å². The first-order valence-electron chi connectivity index (χ1n) is 6.03. The van der Waals surface area contributed by atoms with Crippen LogP contribution in [0.1, 0.15) is 24.2 Å². The van der Waals surface area contributed by atoms with Crippen molar-refractivity contribution < 1.29 is 4.79 Å². The summed E-state index contributed by atoms with van der Waals surface area (Å²) in [4.78, 5) is 14.0. The lowest BCUT2D eigenvalue weighted by Gasteiger charge is -2.17. The van der Waals surface area contributed by atoms with Gasteiger partial charge in [-0.2, -0.15) is 0 Å². The Hall–Kier alpha value is -1.26. The number of anilines is 1. The Kier molecular flexibility index (Phi) is 8.16. The summed E-state index contributed by atoms with van der Waals surface area (Å²) in [6, 6.07) is 6.95. The Balaban J connectivity index is 0.00000289. The van der Waals surface area contributed by atoms with Crippen molar-refractivity contribution in [3.8, 4) is 0 Å². The Morgan fingerprint density at radius 3 is 2.28 bits per heavy atom. The Morgan fingerprint density at radius 2 is 1.78 bits per heavy atom. The molecule has 0 fully saturated rings. The summed E-state index contributed by atoms with van der Waals surface area (Å²) in [7, 11) is 0. The molecule has 0 aliphatic carbocycles. The van der Waals surface area contributed by atoms with Crippen molar-refractivity contribution >= 4 is 24.0 Å². The van der Waals surface area contributed by atoms with Gasteiger partial charge in [0.1, 0.15) is 0 Å². The van der Waals surface area contributed by atoms with Crippen molar-refractivity contribution in [3.05, 3.63) is 29.8 Å². The third-order valence-corrected chi connectivity index (χ3v) is 2.78. The molecule has 0 atom stereocenters. The van der Waals surface area contributed by atoms with Crippen LogP contribution in [0.5, 0.6) is 0 Å². The van der Waals surface area contributed by atoms with Crippen LogP contribution in [0.25, 0.3) is 0 Å². The molecule has 0 aliphatic heterocycles. The average Bonchev–Trinajstić information content (AvgIpc) is 2.35. The molecule has 18 heavy (non-hydrogen) atoms. The molecule has 0 unspecified atom stereocenters. The van der Waals surface area contributed by atoms with Gasteiger partial charge in [0, 0.05) is 24.3 Å². The zero-order chi connectivity index (χ0) is 12.7. The highest BCUT2D eigenvalue weighted by Crippen LogP contribution is 2.04. The minimum absolute atomic E-state index is 0. The van der Waals surface area contributed by atoms with Crippen molar-refractivity contribution in [1.82, 2.24) is 10.2 Å². The molecule has 0 heterocycles. The normalized spacial score (nSPS) is 9.94. The number of nitrogens with one attached hydrogen (secondary N) is 1. The standard InChI is InChI=1S/C13H21N3O.ClH/c1-3-16(4-2)10-9-15-13(17)11-5-7-12(14)8-6-11;/h5-8H,3-4,9-10,14H2,1-2H3,(H,15,17);1H/i3+1,4+1;. The lowest BCUT2D eigenvalue weighted by Crippen LogP contribution is -2.34. The van der Waals surface area contributed by atoms with Crippen molar-refractivity contribution in [2.75, 3.05) is 31.9 Å². The molecule has 1 amide bonds. The van der Waals surface area contributed by atoms with E-state index in [4.69, 9.17) is 5.73 Å². The van der Waals surface area contributed by atoms with Crippen LogP contribution in [-0.2, 0) is 0 Å². The van der Waals surface area contributed by atoms with Crippen molar-refractivity contribution in [3.63, 3.8) is 0 Å². The van der Waals surface area contributed by atoms with Crippen LogP contribution in [-0.4, -0.2) is 37.0 Å². The van der Waals surface area contributed by atoms with Crippen molar-refractivity contribution in [2.24, 2.45) is 0 Å². The minimum atomic E-state index is -0.0443. The molecule has 0 saturated heterocycles. The van der Waals surface area contributed by atoms with E-state index in [-0.39, 0.29) is 18.3 Å². The smallest absolute Gasteiger partial charge is 0.251 e. The predicted octanol–water partition coefficient (Wildman–Crippen LogP) is 1.76. The van der Waals surface area contributed by atoms with E-state index in [1.54, 1.807) is 24.3 Å². The molecule has 1 aromatic rings. The van der Waals surface area contributed by atoms with E-state index in [0.717, 1.165) is 19.6 Å². The summed E-state index contributed by atoms with van der Waals surface area (Å²) in [5.41, 5.74) is 6.89. The molecule has 4 nitrogen and oxygen atoms in total. The largest absolute Gasteiger partial charge is 0.399 e. The van der Waals surface area contributed by atoms with Crippen molar-refractivity contribution in [1.29, 1.82) is 0 Å². The monoisotopic (exact) mass is 273 g/mol. The number of nitrogens with zero attached hydrogens (tertiary/aromatic N) is 1. The Labute approximate surface area is 115 Å². The summed E-state index contributed by atoms with van der Waals surface area (Å²) < 4.78 is 0. The highest BCUT2D eigenvalue weighted by atomic mass is 35.5. The highest BCUT2D eigenvalue weighted by molar-refractivity contribution is 5.94. The maximum Gasteiger partial charge on any atom is 0.251 e. The van der Waals surface area contributed by atoms with Gasteiger partial charge in [0.2, 0.25) is 0 Å². The van der Waals surface area contributed by atoms with Crippen LogP contribution >= 0.6 is 12.4 Å². The molecule has 0 saturated carbocycles. The topological polar surface area (TPSA) is 58.4 Å². The molecule has 0 bridgehead atoms. The van der Waals surface area contributed by atoms with E-state index in [1.165, 1.54) is 0 Å². The summed E-state index contributed by atoms with van der Waals surface area (Å²) in [6.45, 7) is 7.80. The summed E-state index contributed by atoms with van der Waals surface area (Å²) in [5, 5.41) is 2.90. The van der Waals surface area contributed by atoms with E-state index in [1.807, 2.05) is 0 Å². The first-order chi connectivity index (χ1) is 8.17. The summed E-state index contributed by atoms with van der Waals surface area (Å²) >= 11 is 0. The number of benzene rings is 1. The number of hydrogen-bond acceptors (Lipinski definition) is 3. The fourth-order valence-electron chi connectivity index (χ4n) is 1.60. The highest BCUT2D eigenvalue weighted by Gasteiger charge is 2.05. The SMILES string of the molecule is C[13CH2]N(CCNC(=O)c1ccc(N)cc1)[13CH2]C.Cl. The maximum absolute atomic E-state index is 11.7. The first-order valence-corrected chi connectivity index (χ1v) is 6.03. The lowest BCUT2D eigenvalue weighted by molar-refractivity contribution is 0.0949. The number of rotatable bonds is 6. The van der Waals surface area contributed by atoms with Gasteiger partial charge in [0.15, 0.2) is 0 Å². The zero-order valence-corrected chi connectivity index (χ0v) is 11.8. The van der Waals surface area contributed by atoms with Gasteiger partial charge >= 0.3 is 0 Å². The number of halogens is 1. The molecule has 0 aliphatic rings. The van der Waals surface area contributed by atoms with Crippen LogP contribution < -0.4 is 11.1 Å². The molecule has 0 radical (unpaired) electrons. The van der Waals surface area contributed by atoms with Crippen LogP contribution in [0.4, 0.5) is 5.69 Å². The van der Waals surface area contributed by atoms with E-state index in [9.17, 15) is 4.79 Å². The fraction of sp³-hybridized carbons (Fsp3) is 0.462. The van der Waals surface area contributed by atoms with Crippen LogP contribution in [0, 0.1) is 0 Å². The Bertz CT molecular complexity index is 350. The van der Waals surface area contributed by atoms with E-state index < -0.39 is 0 Å². The van der Waals surface area contributed by atoms with Crippen LogP contribution in [0.3, 0.4) is 0 Å². The molecule has 0 spiro atoms. The quantitative estimate of drug-likeness (QED) is 0.613. The number of nitrogen functional groups attached to an aromatic ring is 1. The van der Waals surface area contributed by atoms with Gasteiger partial charge in [-0.1, -0.05) is 13.8 Å². The minimum Gasteiger partial charge on any atom is -0.399 e. The van der Waals surface area contributed by atoms with Gasteiger partial charge in [-0.15, -0.1) is 12.4 Å². The van der Waals surface area contributed by atoms with E-state index >= 15 is 0 Å². The second-order valence-corrected chi connectivity index (χ2v) is 3.90. The lowest BCUT2D eigenvalue weighted by atomic mass is 10.2. The van der Waals surface area contributed by atoms with Gasteiger partial charge in [0.05, 0.1) is 0 Å². The number of likely N-dealkylation sites (N-methyl/N-ethyl adjacent to an activating group) is 1. The predicted molar refractivity (Wildman–Crippen MR) is 78.2 cm³/mol. The zero-order valence-electron chi connectivity index (χ0n) is 11.0. The first kappa shape index (κ1) is 16.7. The molecule has 0 aromatic heterocycles. The second kappa shape index (κ2) is 8.78. The second-order valence-electron chi connectivity index (χ2n) is 3.90. The third kappa shape index (κ3) is 5.38. The summed E-state index contributed by atoms with van der Waals surface area (Å²) in [6.07, 6.45) is 0. The van der Waals surface area contributed by atoms with Gasteiger partial charge in [0.25, 0.3) is 5.91 Å². The van der Waals surface area contributed by atoms with E-state index in [0.29, 0.717) is 17.8 Å². The van der Waals surface area contributed by atoms with Gasteiger partial charge in [-0.25, -0.2) is 0 Å². The van der Waals surface area contributed by atoms with Gasteiger partial charge in [-0.05, 0) is 37.4 Å². The molecule has 3 N–H and O–H groups in total. The molecular formula is C13H22ClN3O. The van der Waals surface area contributed by atoms with Crippen molar-refractivity contribution in [2.45, 2.75) is 13.8 Å². The third-order valence-electron chi connectivity index (χ3n) is 2.78. The molecule has 5 heteroatoms. The molecule has 1 rings (SSSR count). The Morgan fingerprint density at radius 1 is 1.22 bits per heavy atom. The van der Waals surface area contributed by atoms with E-state index in [2.05, 4.69) is 24.1 Å². The number of carbonyl (C=O) groups is 1. The van der Waals surface area contributed by atoms with Gasteiger partial charge in [-0.3, -0.25) is 4.79 Å². The average molecular weight is 274 g/mol. The van der Waals surface area contributed by atoms with Gasteiger partial charge < -0.3 is 16.0 Å². The number of nitrogens with two attached hydrogens (primary N) is 1. The molecule has 1 aromatic carbocycles. The van der Waals surface area contributed by atoms with Crippen LogP contribution in [0.2, 0.25) is 0 Å².